The van der Waals surface area contributed by atoms with Crippen molar-refractivity contribution in [2.45, 2.75) is 39.2 Å². The molecule has 1 N–H and O–H groups in total. The average molecular weight is 236 g/mol. The number of fused-ring (bicyclic) bond motifs is 1. The Morgan fingerprint density at radius 2 is 2.29 bits per heavy atom. The van der Waals surface area contributed by atoms with Crippen LogP contribution in [0.15, 0.2) is 16.7 Å². The fraction of sp³-hybridized carbons (Fsp3) is 0.615. The maximum absolute atomic E-state index is 12.0. The van der Waals surface area contributed by atoms with Gasteiger partial charge in [-0.1, -0.05) is 0 Å². The van der Waals surface area contributed by atoms with Gasteiger partial charge in [-0.05, 0) is 32.8 Å². The summed E-state index contributed by atoms with van der Waals surface area (Å²) in [4.78, 5) is 13.8. The maximum Gasteiger partial charge on any atom is 0.317 e. The Morgan fingerprint density at radius 3 is 3.00 bits per heavy atom. The predicted molar refractivity (Wildman–Crippen MR) is 65.8 cm³/mol. The molecule has 2 amide bonds. The molecular formula is C13H20N2O2. The highest BCUT2D eigenvalue weighted by molar-refractivity contribution is 5.74. The number of nitrogens with one attached hydrogen (secondary N) is 1. The van der Waals surface area contributed by atoms with Crippen LogP contribution in [0, 0.1) is 0 Å². The lowest BCUT2D eigenvalue weighted by molar-refractivity contribution is 0.197. The standard InChI is InChI=1S/C13H20N2O2/c1-3-15(4-2)13(16)14-11-6-5-7-12-10(11)8-9-17-12/h8-9,11H,3-7H2,1-2H3,(H,14,16). The Labute approximate surface area is 102 Å². The number of hydrogen-bond acceptors (Lipinski definition) is 2. The van der Waals surface area contributed by atoms with Crippen molar-refractivity contribution in [2.24, 2.45) is 0 Å². The number of carbonyl (C=O) groups excluding carboxylic acids is 1. The van der Waals surface area contributed by atoms with Crippen LogP contribution in [0.1, 0.15) is 44.1 Å². The van der Waals surface area contributed by atoms with E-state index in [1.807, 2.05) is 19.9 Å². The van der Waals surface area contributed by atoms with Crippen molar-refractivity contribution in [1.29, 1.82) is 0 Å². The predicted octanol–water partition coefficient (Wildman–Crippen LogP) is 2.71. The highest BCUT2D eigenvalue weighted by Gasteiger charge is 2.25. The van der Waals surface area contributed by atoms with E-state index in [1.54, 1.807) is 11.2 Å². The third-order valence-electron chi connectivity index (χ3n) is 3.40. The molecule has 0 saturated heterocycles. The van der Waals surface area contributed by atoms with Gasteiger partial charge in [-0.25, -0.2) is 4.79 Å². The van der Waals surface area contributed by atoms with Crippen LogP contribution in [-0.4, -0.2) is 24.0 Å². The number of aryl methyl sites for hydroxylation is 1. The van der Waals surface area contributed by atoms with Gasteiger partial charge in [0.2, 0.25) is 0 Å². The molecule has 1 atom stereocenters. The number of hydrogen-bond donors (Lipinski definition) is 1. The van der Waals surface area contributed by atoms with E-state index in [0.717, 1.165) is 43.7 Å². The van der Waals surface area contributed by atoms with Gasteiger partial charge in [0.1, 0.15) is 5.76 Å². The van der Waals surface area contributed by atoms with Gasteiger partial charge < -0.3 is 14.6 Å². The fourth-order valence-corrected chi connectivity index (χ4v) is 2.39. The molecule has 94 valence electrons. The largest absolute Gasteiger partial charge is 0.469 e. The minimum atomic E-state index is 0.0223. The van der Waals surface area contributed by atoms with Crippen LogP contribution >= 0.6 is 0 Å². The highest BCUT2D eigenvalue weighted by Crippen LogP contribution is 2.30. The quantitative estimate of drug-likeness (QED) is 0.877. The van der Waals surface area contributed by atoms with Crippen molar-refractivity contribution in [1.82, 2.24) is 10.2 Å². The molecule has 4 heteroatoms. The Balaban J connectivity index is 2.04. The number of furan rings is 1. The molecule has 1 unspecified atom stereocenters. The number of nitrogens with zero attached hydrogens (tertiary/aromatic N) is 1. The molecule has 0 spiro atoms. The van der Waals surface area contributed by atoms with E-state index in [1.165, 1.54) is 0 Å². The first-order valence-electron chi connectivity index (χ1n) is 6.38. The van der Waals surface area contributed by atoms with E-state index in [9.17, 15) is 4.79 Å². The summed E-state index contributed by atoms with van der Waals surface area (Å²) in [6, 6.07) is 2.11. The first kappa shape index (κ1) is 12.0. The van der Waals surface area contributed by atoms with Crippen molar-refractivity contribution in [3.8, 4) is 0 Å². The molecule has 0 fully saturated rings. The van der Waals surface area contributed by atoms with Gasteiger partial charge in [-0.2, -0.15) is 0 Å². The second-order valence-electron chi connectivity index (χ2n) is 4.37. The van der Waals surface area contributed by atoms with Crippen LogP contribution < -0.4 is 5.32 Å². The first-order valence-corrected chi connectivity index (χ1v) is 6.38. The van der Waals surface area contributed by atoms with Crippen molar-refractivity contribution >= 4 is 6.03 Å². The molecule has 1 aliphatic carbocycles. The molecule has 0 aromatic carbocycles. The summed E-state index contributed by atoms with van der Waals surface area (Å²) in [5.74, 6) is 1.03. The lowest BCUT2D eigenvalue weighted by Gasteiger charge is -2.26. The van der Waals surface area contributed by atoms with Gasteiger partial charge >= 0.3 is 6.03 Å². The van der Waals surface area contributed by atoms with Gasteiger partial charge in [0.25, 0.3) is 0 Å². The zero-order valence-electron chi connectivity index (χ0n) is 10.5. The van der Waals surface area contributed by atoms with Gasteiger partial charge in [0.05, 0.1) is 12.3 Å². The van der Waals surface area contributed by atoms with E-state index in [2.05, 4.69) is 5.32 Å². The molecule has 2 rings (SSSR count). The summed E-state index contributed by atoms with van der Waals surface area (Å²) in [5.41, 5.74) is 1.15. The minimum Gasteiger partial charge on any atom is -0.469 e. The maximum atomic E-state index is 12.0. The van der Waals surface area contributed by atoms with E-state index < -0.39 is 0 Å². The zero-order valence-corrected chi connectivity index (χ0v) is 10.5. The molecule has 0 saturated carbocycles. The summed E-state index contributed by atoms with van der Waals surface area (Å²) in [7, 11) is 0. The third kappa shape index (κ3) is 2.46. The molecule has 1 aromatic rings. The van der Waals surface area contributed by atoms with Crippen LogP contribution in [0.3, 0.4) is 0 Å². The van der Waals surface area contributed by atoms with Gasteiger partial charge in [0, 0.05) is 25.1 Å². The zero-order chi connectivity index (χ0) is 12.3. The molecule has 17 heavy (non-hydrogen) atoms. The summed E-state index contributed by atoms with van der Waals surface area (Å²) in [6.45, 7) is 5.47. The summed E-state index contributed by atoms with van der Waals surface area (Å²) >= 11 is 0. The number of urea groups is 1. The third-order valence-corrected chi connectivity index (χ3v) is 3.40. The molecule has 1 aliphatic rings. The van der Waals surface area contributed by atoms with Crippen LogP contribution in [0.4, 0.5) is 4.79 Å². The normalized spacial score (nSPS) is 18.6. The van der Waals surface area contributed by atoms with Crippen molar-refractivity contribution in [3.63, 3.8) is 0 Å². The first-order chi connectivity index (χ1) is 8.26. The molecule has 1 heterocycles. The Hall–Kier alpha value is -1.45. The van der Waals surface area contributed by atoms with E-state index >= 15 is 0 Å². The van der Waals surface area contributed by atoms with E-state index in [-0.39, 0.29) is 12.1 Å². The fourth-order valence-electron chi connectivity index (χ4n) is 2.39. The number of carbonyl (C=O) groups is 1. The molecule has 0 aliphatic heterocycles. The second-order valence-corrected chi connectivity index (χ2v) is 4.37. The minimum absolute atomic E-state index is 0.0223. The van der Waals surface area contributed by atoms with Gasteiger partial charge in [-0.3, -0.25) is 0 Å². The van der Waals surface area contributed by atoms with Crippen LogP contribution in [0.5, 0.6) is 0 Å². The topological polar surface area (TPSA) is 45.5 Å². The molecule has 0 radical (unpaired) electrons. The van der Waals surface area contributed by atoms with E-state index in [4.69, 9.17) is 4.42 Å². The van der Waals surface area contributed by atoms with E-state index in [0.29, 0.717) is 0 Å². The van der Waals surface area contributed by atoms with Crippen molar-refractivity contribution in [3.05, 3.63) is 23.7 Å². The summed E-state index contributed by atoms with van der Waals surface area (Å²) in [6.07, 6.45) is 4.77. The van der Waals surface area contributed by atoms with Crippen molar-refractivity contribution in [2.75, 3.05) is 13.1 Å². The van der Waals surface area contributed by atoms with Crippen molar-refractivity contribution < 1.29 is 9.21 Å². The number of amides is 2. The van der Waals surface area contributed by atoms with Crippen LogP contribution in [0.2, 0.25) is 0 Å². The lowest BCUT2D eigenvalue weighted by Crippen LogP contribution is -2.42. The summed E-state index contributed by atoms with van der Waals surface area (Å²) < 4.78 is 5.42. The monoisotopic (exact) mass is 236 g/mol. The van der Waals surface area contributed by atoms with Gasteiger partial charge in [0.15, 0.2) is 0 Å². The Kier molecular flexibility index (Phi) is 3.71. The van der Waals surface area contributed by atoms with Gasteiger partial charge in [-0.15, -0.1) is 0 Å². The average Bonchev–Trinajstić information content (AvgIpc) is 2.80. The van der Waals surface area contributed by atoms with Crippen LogP contribution in [-0.2, 0) is 6.42 Å². The smallest absolute Gasteiger partial charge is 0.317 e. The molecule has 0 bridgehead atoms. The van der Waals surface area contributed by atoms with Crippen LogP contribution in [0.25, 0.3) is 0 Å². The highest BCUT2D eigenvalue weighted by atomic mass is 16.3. The summed E-state index contributed by atoms with van der Waals surface area (Å²) in [5, 5.41) is 3.09. The molecule has 4 nitrogen and oxygen atoms in total. The SMILES string of the molecule is CCN(CC)C(=O)NC1CCCc2occc21. The Morgan fingerprint density at radius 1 is 1.53 bits per heavy atom. The second kappa shape index (κ2) is 5.25. The molecular weight excluding hydrogens is 216 g/mol. The number of rotatable bonds is 3. The lowest BCUT2D eigenvalue weighted by atomic mass is 9.93. The molecule has 1 aromatic heterocycles. The Bertz CT molecular complexity index is 383.